The monoisotopic (exact) mass is 502 g/mol. The molecule has 1 aliphatic carbocycles. The van der Waals surface area contributed by atoms with Gasteiger partial charge in [-0.2, -0.15) is 0 Å². The van der Waals surface area contributed by atoms with E-state index < -0.39 is 0 Å². The molecule has 1 atom stereocenters. The number of pyridine rings is 1. The molecule has 0 bridgehead atoms. The Balaban J connectivity index is 1.41. The van der Waals surface area contributed by atoms with E-state index in [1.165, 1.54) is 11.1 Å². The highest BCUT2D eigenvalue weighted by Gasteiger charge is 2.27. The first kappa shape index (κ1) is 22.2. The second-order valence-corrected chi connectivity index (χ2v) is 9.84. The zero-order valence-electron chi connectivity index (χ0n) is 19.3. The predicted molar refractivity (Wildman–Crippen MR) is 140 cm³/mol. The summed E-state index contributed by atoms with van der Waals surface area (Å²) in [6, 6.07) is 16.1. The maximum Gasteiger partial charge on any atom is 0.214 e. The Morgan fingerprint density at radius 2 is 1.97 bits per heavy atom. The van der Waals surface area contributed by atoms with E-state index >= 15 is 0 Å². The van der Waals surface area contributed by atoms with Crippen LogP contribution < -0.4 is 4.74 Å². The Labute approximate surface area is 213 Å². The molecule has 7 heteroatoms. The standard InChI is InChI=1S/C28H24Cl2N4O/c1-17-28(34(16-33-17)26-9-5-8-20-22(26)10-19(29)11-24(20)30)23-13-31-25-14-32-27(12-21(23)25)35-15-18-6-3-2-4-7-18/h2-4,6-7,10-14,16,26,31H,5,8-9,15H2,1H3. The molecule has 5 aromatic rings. The number of H-pyrrole nitrogens is 1. The predicted octanol–water partition coefficient (Wildman–Crippen LogP) is 7.55. The molecule has 1 N–H and O–H groups in total. The van der Waals surface area contributed by atoms with Gasteiger partial charge in [-0.1, -0.05) is 53.5 Å². The summed E-state index contributed by atoms with van der Waals surface area (Å²) in [4.78, 5) is 12.6. The minimum Gasteiger partial charge on any atom is -0.473 e. The minimum atomic E-state index is 0.117. The Morgan fingerprint density at radius 3 is 2.83 bits per heavy atom. The summed E-state index contributed by atoms with van der Waals surface area (Å²) in [5.74, 6) is 0.590. The van der Waals surface area contributed by atoms with Gasteiger partial charge in [0.05, 0.1) is 35.5 Å². The van der Waals surface area contributed by atoms with Gasteiger partial charge in [0.2, 0.25) is 5.88 Å². The van der Waals surface area contributed by atoms with Crippen molar-refractivity contribution >= 4 is 34.1 Å². The minimum absolute atomic E-state index is 0.117. The fourth-order valence-electron chi connectivity index (χ4n) is 5.13. The number of benzene rings is 2. The third-order valence-electron chi connectivity index (χ3n) is 6.80. The molecule has 2 aromatic carbocycles. The summed E-state index contributed by atoms with van der Waals surface area (Å²) in [7, 11) is 0. The molecule has 0 amide bonds. The fourth-order valence-corrected chi connectivity index (χ4v) is 5.74. The molecule has 3 aromatic heterocycles. The number of ether oxygens (including phenoxy) is 1. The van der Waals surface area contributed by atoms with Crippen LogP contribution in [0.5, 0.6) is 5.88 Å². The molecule has 0 saturated carbocycles. The van der Waals surface area contributed by atoms with Crippen LogP contribution in [0.4, 0.5) is 0 Å². The smallest absolute Gasteiger partial charge is 0.214 e. The van der Waals surface area contributed by atoms with Crippen molar-refractivity contribution in [2.24, 2.45) is 0 Å². The van der Waals surface area contributed by atoms with Crippen molar-refractivity contribution in [3.05, 3.63) is 99.7 Å². The van der Waals surface area contributed by atoms with Gasteiger partial charge in [-0.15, -0.1) is 0 Å². The van der Waals surface area contributed by atoms with Crippen molar-refractivity contribution in [3.63, 3.8) is 0 Å². The number of imidazole rings is 1. The van der Waals surface area contributed by atoms with Gasteiger partial charge < -0.3 is 14.3 Å². The average molecular weight is 503 g/mol. The van der Waals surface area contributed by atoms with E-state index in [1.807, 2.05) is 68.1 Å². The summed E-state index contributed by atoms with van der Waals surface area (Å²) in [5, 5.41) is 2.46. The Morgan fingerprint density at radius 1 is 1.11 bits per heavy atom. The molecule has 176 valence electrons. The molecule has 0 aliphatic heterocycles. The van der Waals surface area contributed by atoms with Crippen molar-refractivity contribution in [3.8, 4) is 17.1 Å². The van der Waals surface area contributed by atoms with Gasteiger partial charge in [-0.25, -0.2) is 9.97 Å². The van der Waals surface area contributed by atoms with Crippen LogP contribution in [0, 0.1) is 6.92 Å². The molecule has 35 heavy (non-hydrogen) atoms. The lowest BCUT2D eigenvalue weighted by molar-refractivity contribution is 0.294. The summed E-state index contributed by atoms with van der Waals surface area (Å²) in [5.41, 5.74) is 7.53. The van der Waals surface area contributed by atoms with Crippen LogP contribution in [0.1, 0.15) is 41.3 Å². The van der Waals surface area contributed by atoms with Gasteiger partial charge >= 0.3 is 0 Å². The topological polar surface area (TPSA) is 55.7 Å². The van der Waals surface area contributed by atoms with Gasteiger partial charge in [-0.3, -0.25) is 0 Å². The SMILES string of the molecule is Cc1ncn(C2CCCc3c(Cl)cc(Cl)cc32)c1-c1c[nH]c2cnc(OCc3ccccc3)cc12. The Kier molecular flexibility index (Phi) is 5.75. The number of aromatic nitrogens is 4. The number of nitrogens with one attached hydrogen (secondary N) is 1. The maximum absolute atomic E-state index is 6.58. The fraction of sp³-hybridized carbons (Fsp3) is 0.214. The number of aryl methyl sites for hydroxylation is 1. The van der Waals surface area contributed by atoms with Crippen LogP contribution in [0.3, 0.4) is 0 Å². The number of hydrogen-bond donors (Lipinski definition) is 1. The zero-order chi connectivity index (χ0) is 23.9. The molecule has 5 nitrogen and oxygen atoms in total. The molecular formula is C28H24Cl2N4O. The Bertz CT molecular complexity index is 1520. The highest BCUT2D eigenvalue weighted by molar-refractivity contribution is 6.35. The van der Waals surface area contributed by atoms with Gasteiger partial charge in [0.15, 0.2) is 0 Å². The summed E-state index contributed by atoms with van der Waals surface area (Å²) >= 11 is 13.0. The summed E-state index contributed by atoms with van der Waals surface area (Å²) in [6.07, 6.45) is 8.82. The maximum atomic E-state index is 6.58. The number of aromatic amines is 1. The van der Waals surface area contributed by atoms with E-state index in [0.717, 1.165) is 57.7 Å². The normalized spacial score (nSPS) is 15.3. The van der Waals surface area contributed by atoms with Gasteiger partial charge in [-0.05, 0) is 55.0 Å². The van der Waals surface area contributed by atoms with E-state index in [9.17, 15) is 0 Å². The van der Waals surface area contributed by atoms with Crippen molar-refractivity contribution in [1.82, 2.24) is 19.5 Å². The lowest BCUT2D eigenvalue weighted by Gasteiger charge is -2.29. The molecule has 3 heterocycles. The van der Waals surface area contributed by atoms with Crippen LogP contribution >= 0.6 is 23.2 Å². The molecule has 0 saturated heterocycles. The van der Waals surface area contributed by atoms with E-state index in [0.29, 0.717) is 17.5 Å². The van der Waals surface area contributed by atoms with Gasteiger partial charge in [0.25, 0.3) is 0 Å². The van der Waals surface area contributed by atoms with Gasteiger partial charge in [0.1, 0.15) is 6.61 Å². The van der Waals surface area contributed by atoms with Crippen LogP contribution in [-0.2, 0) is 13.0 Å². The molecule has 0 spiro atoms. The highest BCUT2D eigenvalue weighted by Crippen LogP contribution is 2.42. The first-order chi connectivity index (χ1) is 17.1. The third kappa shape index (κ3) is 4.09. The van der Waals surface area contributed by atoms with Crippen molar-refractivity contribution in [2.45, 2.75) is 38.8 Å². The molecular weight excluding hydrogens is 479 g/mol. The molecule has 0 radical (unpaired) electrons. The highest BCUT2D eigenvalue weighted by atomic mass is 35.5. The zero-order valence-corrected chi connectivity index (χ0v) is 20.8. The summed E-state index contributed by atoms with van der Waals surface area (Å²) < 4.78 is 8.29. The number of halogens is 2. The lowest BCUT2D eigenvalue weighted by Crippen LogP contribution is -2.18. The number of rotatable bonds is 5. The van der Waals surface area contributed by atoms with Crippen molar-refractivity contribution in [1.29, 1.82) is 0 Å². The van der Waals surface area contributed by atoms with Crippen molar-refractivity contribution < 1.29 is 4.74 Å². The van der Waals surface area contributed by atoms with Crippen LogP contribution in [-0.4, -0.2) is 19.5 Å². The third-order valence-corrected chi connectivity index (χ3v) is 7.35. The van der Waals surface area contributed by atoms with E-state index in [4.69, 9.17) is 32.9 Å². The second kappa shape index (κ2) is 9.06. The summed E-state index contributed by atoms with van der Waals surface area (Å²) in [6.45, 7) is 2.52. The van der Waals surface area contributed by atoms with Gasteiger partial charge in [0, 0.05) is 33.3 Å². The average Bonchev–Trinajstić information content (AvgIpc) is 3.45. The number of fused-ring (bicyclic) bond motifs is 2. The van der Waals surface area contributed by atoms with Crippen LogP contribution in [0.2, 0.25) is 10.0 Å². The quantitative estimate of drug-likeness (QED) is 0.270. The molecule has 0 fully saturated rings. The van der Waals surface area contributed by atoms with E-state index in [-0.39, 0.29) is 6.04 Å². The Hall–Kier alpha value is -3.28. The largest absolute Gasteiger partial charge is 0.473 e. The van der Waals surface area contributed by atoms with Crippen LogP contribution in [0.15, 0.2) is 67.3 Å². The number of nitrogens with zero attached hydrogens (tertiary/aromatic N) is 3. The number of hydrogen-bond acceptors (Lipinski definition) is 3. The molecule has 6 rings (SSSR count). The lowest BCUT2D eigenvalue weighted by atomic mass is 9.87. The van der Waals surface area contributed by atoms with Crippen molar-refractivity contribution in [2.75, 3.05) is 0 Å². The second-order valence-electron chi connectivity index (χ2n) is 8.99. The first-order valence-corrected chi connectivity index (χ1v) is 12.5. The van der Waals surface area contributed by atoms with E-state index in [1.54, 1.807) is 0 Å². The first-order valence-electron chi connectivity index (χ1n) is 11.7. The molecule has 1 aliphatic rings. The molecule has 1 unspecified atom stereocenters. The van der Waals surface area contributed by atoms with Crippen LogP contribution in [0.25, 0.3) is 22.2 Å². The van der Waals surface area contributed by atoms with E-state index in [2.05, 4.69) is 20.6 Å².